The number of rotatable bonds is 6. The van der Waals surface area contributed by atoms with Crippen molar-refractivity contribution < 1.29 is 9.32 Å². The van der Waals surface area contributed by atoms with Crippen molar-refractivity contribution in [1.29, 1.82) is 0 Å². The molecule has 7 heteroatoms. The molecular formula is C17H21N5O2. The number of hydrogen-bond donors (Lipinski definition) is 0. The van der Waals surface area contributed by atoms with Crippen LogP contribution in [0.1, 0.15) is 38.5 Å². The normalized spacial score (nSPS) is 12.5. The number of hydrogen-bond acceptors (Lipinski definition) is 5. The predicted octanol–water partition coefficient (Wildman–Crippen LogP) is 2.59. The third-order valence-corrected chi connectivity index (χ3v) is 4.10. The Morgan fingerprint density at radius 3 is 2.83 bits per heavy atom. The van der Waals surface area contributed by atoms with Crippen molar-refractivity contribution >= 4 is 16.9 Å². The van der Waals surface area contributed by atoms with Crippen molar-refractivity contribution in [1.82, 2.24) is 24.6 Å². The number of carbonyl (C=O) groups is 1. The molecule has 0 aliphatic carbocycles. The standard InChI is InChI=1S/C17H21N5O2/c1-4-15-19-16(24-20-15)10-21(5-2)17(23)12(3)22-11-18-13-8-6-7-9-14(13)22/h6-9,11-12H,4-5,10H2,1-3H3. The minimum Gasteiger partial charge on any atom is -0.337 e. The number of para-hydroxylation sites is 2. The fraction of sp³-hybridized carbons (Fsp3) is 0.412. The van der Waals surface area contributed by atoms with Crippen molar-refractivity contribution in [3.63, 3.8) is 0 Å². The molecule has 0 saturated carbocycles. The Morgan fingerprint density at radius 1 is 1.33 bits per heavy atom. The van der Waals surface area contributed by atoms with Gasteiger partial charge in [-0.3, -0.25) is 4.79 Å². The van der Waals surface area contributed by atoms with E-state index in [4.69, 9.17) is 4.52 Å². The first-order valence-electron chi connectivity index (χ1n) is 8.15. The van der Waals surface area contributed by atoms with Crippen LogP contribution in [-0.4, -0.2) is 37.0 Å². The fourth-order valence-corrected chi connectivity index (χ4v) is 2.68. The van der Waals surface area contributed by atoms with E-state index < -0.39 is 0 Å². The summed E-state index contributed by atoms with van der Waals surface area (Å²) in [4.78, 5) is 23.2. The van der Waals surface area contributed by atoms with E-state index in [0.29, 0.717) is 31.2 Å². The van der Waals surface area contributed by atoms with E-state index >= 15 is 0 Å². The highest BCUT2D eigenvalue weighted by Crippen LogP contribution is 2.19. The Labute approximate surface area is 140 Å². The van der Waals surface area contributed by atoms with E-state index in [9.17, 15) is 4.79 Å². The topological polar surface area (TPSA) is 77.0 Å². The molecule has 0 saturated heterocycles. The second-order valence-electron chi connectivity index (χ2n) is 5.63. The van der Waals surface area contributed by atoms with Crippen molar-refractivity contribution in [2.24, 2.45) is 0 Å². The summed E-state index contributed by atoms with van der Waals surface area (Å²) >= 11 is 0. The first kappa shape index (κ1) is 16.2. The summed E-state index contributed by atoms with van der Waals surface area (Å²) in [7, 11) is 0. The van der Waals surface area contributed by atoms with Crippen molar-refractivity contribution in [2.75, 3.05) is 6.54 Å². The molecule has 126 valence electrons. The minimum atomic E-state index is -0.356. The molecule has 2 aromatic heterocycles. The van der Waals surface area contributed by atoms with Gasteiger partial charge in [0, 0.05) is 13.0 Å². The van der Waals surface area contributed by atoms with Gasteiger partial charge in [-0.2, -0.15) is 4.98 Å². The van der Waals surface area contributed by atoms with Gasteiger partial charge in [0.2, 0.25) is 11.8 Å². The summed E-state index contributed by atoms with van der Waals surface area (Å²) in [6.07, 6.45) is 2.42. The molecule has 0 aliphatic rings. The minimum absolute atomic E-state index is 0.00287. The molecule has 0 spiro atoms. The lowest BCUT2D eigenvalue weighted by molar-refractivity contribution is -0.135. The SMILES string of the molecule is CCc1noc(CN(CC)C(=O)C(C)n2cnc3ccccc32)n1. The van der Waals surface area contributed by atoms with Gasteiger partial charge in [0.25, 0.3) is 0 Å². The Kier molecular flexibility index (Phi) is 4.59. The molecule has 24 heavy (non-hydrogen) atoms. The average Bonchev–Trinajstić information content (AvgIpc) is 3.25. The summed E-state index contributed by atoms with van der Waals surface area (Å²) in [5.74, 6) is 1.11. The maximum Gasteiger partial charge on any atom is 0.246 e. The van der Waals surface area contributed by atoms with Crippen LogP contribution in [-0.2, 0) is 17.8 Å². The zero-order valence-corrected chi connectivity index (χ0v) is 14.1. The predicted molar refractivity (Wildman–Crippen MR) is 89.2 cm³/mol. The third kappa shape index (κ3) is 3.02. The summed E-state index contributed by atoms with van der Waals surface area (Å²) in [5.41, 5.74) is 1.82. The van der Waals surface area contributed by atoms with E-state index in [1.165, 1.54) is 0 Å². The van der Waals surface area contributed by atoms with Crippen LogP contribution in [0.25, 0.3) is 11.0 Å². The van der Waals surface area contributed by atoms with Crippen LogP contribution in [0.3, 0.4) is 0 Å². The molecular weight excluding hydrogens is 306 g/mol. The smallest absolute Gasteiger partial charge is 0.246 e. The van der Waals surface area contributed by atoms with Crippen LogP contribution >= 0.6 is 0 Å². The number of imidazole rings is 1. The Balaban J connectivity index is 1.80. The Morgan fingerprint density at radius 2 is 2.12 bits per heavy atom. The molecule has 1 unspecified atom stereocenters. The van der Waals surface area contributed by atoms with Gasteiger partial charge in [-0.1, -0.05) is 24.2 Å². The lowest BCUT2D eigenvalue weighted by atomic mass is 10.2. The summed E-state index contributed by atoms with van der Waals surface area (Å²) in [6, 6.07) is 7.43. The third-order valence-electron chi connectivity index (χ3n) is 4.10. The molecule has 0 radical (unpaired) electrons. The second kappa shape index (κ2) is 6.82. The van der Waals surface area contributed by atoms with Gasteiger partial charge in [-0.15, -0.1) is 0 Å². The van der Waals surface area contributed by atoms with E-state index in [1.54, 1.807) is 11.2 Å². The fourth-order valence-electron chi connectivity index (χ4n) is 2.68. The van der Waals surface area contributed by atoms with E-state index in [0.717, 1.165) is 11.0 Å². The largest absolute Gasteiger partial charge is 0.337 e. The number of benzene rings is 1. The maximum atomic E-state index is 12.9. The molecule has 2 heterocycles. The monoisotopic (exact) mass is 327 g/mol. The number of carbonyl (C=O) groups excluding carboxylic acids is 1. The van der Waals surface area contributed by atoms with Crippen LogP contribution in [0.4, 0.5) is 0 Å². The lowest BCUT2D eigenvalue weighted by Crippen LogP contribution is -2.35. The summed E-state index contributed by atoms with van der Waals surface area (Å²) in [6.45, 7) is 6.67. The van der Waals surface area contributed by atoms with Gasteiger partial charge in [0.05, 0.1) is 17.4 Å². The lowest BCUT2D eigenvalue weighted by Gasteiger charge is -2.24. The maximum absolute atomic E-state index is 12.9. The molecule has 0 N–H and O–H groups in total. The number of fused-ring (bicyclic) bond motifs is 1. The summed E-state index contributed by atoms with van der Waals surface area (Å²) in [5, 5.41) is 3.88. The molecule has 1 amide bonds. The number of amides is 1. The van der Waals surface area contributed by atoms with Crippen molar-refractivity contribution in [3.05, 3.63) is 42.3 Å². The molecule has 0 aliphatic heterocycles. The molecule has 7 nitrogen and oxygen atoms in total. The number of likely N-dealkylation sites (N-methyl/N-ethyl adjacent to an activating group) is 1. The number of aromatic nitrogens is 4. The molecule has 3 aromatic rings. The van der Waals surface area contributed by atoms with Gasteiger partial charge in [0.15, 0.2) is 5.82 Å². The van der Waals surface area contributed by atoms with E-state index in [2.05, 4.69) is 15.1 Å². The van der Waals surface area contributed by atoms with Gasteiger partial charge >= 0.3 is 0 Å². The van der Waals surface area contributed by atoms with Gasteiger partial charge < -0.3 is 14.0 Å². The summed E-state index contributed by atoms with van der Waals surface area (Å²) < 4.78 is 7.10. The quantitative estimate of drug-likeness (QED) is 0.695. The highest BCUT2D eigenvalue weighted by Gasteiger charge is 2.24. The van der Waals surface area contributed by atoms with Crippen LogP contribution in [0, 0.1) is 0 Å². The van der Waals surface area contributed by atoms with Crippen molar-refractivity contribution in [3.8, 4) is 0 Å². The molecule has 0 fully saturated rings. The molecule has 1 atom stereocenters. The van der Waals surface area contributed by atoms with E-state index in [-0.39, 0.29) is 11.9 Å². The molecule has 1 aromatic carbocycles. The highest BCUT2D eigenvalue weighted by atomic mass is 16.5. The first-order chi connectivity index (χ1) is 11.6. The molecule has 0 bridgehead atoms. The van der Waals surface area contributed by atoms with E-state index in [1.807, 2.05) is 49.6 Å². The zero-order chi connectivity index (χ0) is 17.1. The second-order valence-corrected chi connectivity index (χ2v) is 5.63. The van der Waals surface area contributed by atoms with Gasteiger partial charge in [0.1, 0.15) is 12.6 Å². The van der Waals surface area contributed by atoms with Gasteiger partial charge in [-0.05, 0) is 26.0 Å². The van der Waals surface area contributed by atoms with Crippen LogP contribution in [0.5, 0.6) is 0 Å². The Hall–Kier alpha value is -2.70. The van der Waals surface area contributed by atoms with Crippen LogP contribution in [0.15, 0.2) is 35.1 Å². The van der Waals surface area contributed by atoms with Gasteiger partial charge in [-0.25, -0.2) is 4.98 Å². The highest BCUT2D eigenvalue weighted by molar-refractivity contribution is 5.83. The zero-order valence-electron chi connectivity index (χ0n) is 14.1. The average molecular weight is 327 g/mol. The number of aryl methyl sites for hydroxylation is 1. The van der Waals surface area contributed by atoms with Crippen LogP contribution < -0.4 is 0 Å². The molecule has 3 rings (SSSR count). The van der Waals surface area contributed by atoms with Crippen molar-refractivity contribution in [2.45, 2.75) is 39.8 Å². The number of nitrogens with zero attached hydrogens (tertiary/aromatic N) is 5. The first-order valence-corrected chi connectivity index (χ1v) is 8.15. The Bertz CT molecular complexity index is 838. The van der Waals surface area contributed by atoms with Crippen LogP contribution in [0.2, 0.25) is 0 Å².